The summed E-state index contributed by atoms with van der Waals surface area (Å²) >= 11 is 0. The Morgan fingerprint density at radius 2 is 1.85 bits per heavy atom. The van der Waals surface area contributed by atoms with E-state index in [9.17, 15) is 0 Å². The number of nitrogens with zero attached hydrogens (tertiary/aromatic N) is 1. The second-order valence-corrected chi connectivity index (χ2v) is 7.74. The Labute approximate surface area is 123 Å². The first-order chi connectivity index (χ1) is 9.28. The third kappa shape index (κ3) is 2.47. The summed E-state index contributed by atoms with van der Waals surface area (Å²) < 4.78 is 12.3. The van der Waals surface area contributed by atoms with E-state index >= 15 is 0 Å². The molecule has 3 heterocycles. The topological polar surface area (TPSA) is 21.7 Å². The van der Waals surface area contributed by atoms with Gasteiger partial charge in [-0.1, -0.05) is 18.1 Å². The average molecular weight is 277 g/mol. The third-order valence-corrected chi connectivity index (χ3v) is 5.79. The molecular formula is C16H28BNO2. The van der Waals surface area contributed by atoms with Crippen molar-refractivity contribution in [2.75, 3.05) is 7.05 Å². The fourth-order valence-electron chi connectivity index (χ4n) is 3.74. The maximum absolute atomic E-state index is 6.14. The molecule has 4 heteroatoms. The van der Waals surface area contributed by atoms with E-state index in [0.29, 0.717) is 6.04 Å². The van der Waals surface area contributed by atoms with Crippen molar-refractivity contribution in [2.45, 2.75) is 83.0 Å². The van der Waals surface area contributed by atoms with Gasteiger partial charge in [0.05, 0.1) is 11.2 Å². The zero-order chi connectivity index (χ0) is 14.5. The van der Waals surface area contributed by atoms with Gasteiger partial charge in [-0.05, 0) is 54.0 Å². The molecule has 2 bridgehead atoms. The Kier molecular flexibility index (Phi) is 3.55. The highest BCUT2D eigenvalue weighted by Gasteiger charge is 2.51. The molecule has 0 radical (unpaired) electrons. The lowest BCUT2D eigenvalue weighted by Gasteiger charge is -2.43. The number of fused-ring (bicyclic) bond motifs is 2. The molecule has 2 atom stereocenters. The maximum atomic E-state index is 6.14. The van der Waals surface area contributed by atoms with Crippen LogP contribution in [-0.4, -0.2) is 42.4 Å². The average Bonchev–Trinajstić information content (AvgIpc) is 2.48. The van der Waals surface area contributed by atoms with Crippen LogP contribution in [0.25, 0.3) is 0 Å². The second kappa shape index (κ2) is 4.86. The highest BCUT2D eigenvalue weighted by atomic mass is 16.7. The highest BCUT2D eigenvalue weighted by molar-refractivity contribution is 6.46. The van der Waals surface area contributed by atoms with E-state index in [1.807, 2.05) is 0 Å². The van der Waals surface area contributed by atoms with E-state index in [1.54, 1.807) is 0 Å². The van der Waals surface area contributed by atoms with Crippen molar-refractivity contribution < 1.29 is 9.31 Å². The summed E-state index contributed by atoms with van der Waals surface area (Å²) in [6, 6.07) is 1.37. The molecule has 0 saturated carbocycles. The molecule has 0 N–H and O–H groups in total. The van der Waals surface area contributed by atoms with Gasteiger partial charge in [-0.2, -0.15) is 0 Å². The van der Waals surface area contributed by atoms with Crippen molar-refractivity contribution in [3.05, 3.63) is 11.6 Å². The summed E-state index contributed by atoms with van der Waals surface area (Å²) in [5, 5.41) is 0. The molecule has 112 valence electrons. The minimum absolute atomic E-state index is 0.0737. The van der Waals surface area contributed by atoms with Crippen LogP contribution in [0.3, 0.4) is 0 Å². The molecular weight excluding hydrogens is 249 g/mol. The normalized spacial score (nSPS) is 36.0. The van der Waals surface area contributed by atoms with Crippen LogP contribution in [0.5, 0.6) is 0 Å². The van der Waals surface area contributed by atoms with E-state index in [0.717, 1.165) is 12.4 Å². The Morgan fingerprint density at radius 1 is 1.20 bits per heavy atom. The van der Waals surface area contributed by atoms with Gasteiger partial charge in [-0.25, -0.2) is 0 Å². The summed E-state index contributed by atoms with van der Waals surface area (Å²) in [5.74, 6) is 0. The Hall–Kier alpha value is -0.315. The predicted molar refractivity (Wildman–Crippen MR) is 82.8 cm³/mol. The summed E-state index contributed by atoms with van der Waals surface area (Å²) in [5.41, 5.74) is 1.12. The largest absolute Gasteiger partial charge is 0.462 e. The molecule has 3 aliphatic rings. The lowest BCUT2D eigenvalue weighted by Crippen LogP contribution is -2.46. The van der Waals surface area contributed by atoms with Crippen LogP contribution in [0.4, 0.5) is 0 Å². The molecule has 0 aromatic carbocycles. The number of hydrogen-bond acceptors (Lipinski definition) is 3. The predicted octanol–water partition coefficient (Wildman–Crippen LogP) is 3.26. The lowest BCUT2D eigenvalue weighted by atomic mass is 9.74. The van der Waals surface area contributed by atoms with Gasteiger partial charge in [0.15, 0.2) is 0 Å². The van der Waals surface area contributed by atoms with Crippen molar-refractivity contribution in [2.24, 2.45) is 0 Å². The van der Waals surface area contributed by atoms with Crippen LogP contribution >= 0.6 is 0 Å². The van der Waals surface area contributed by atoms with Gasteiger partial charge in [0.25, 0.3) is 0 Å². The molecule has 2 unspecified atom stereocenters. The Morgan fingerprint density at radius 3 is 2.45 bits per heavy atom. The molecule has 2 fully saturated rings. The summed E-state index contributed by atoms with van der Waals surface area (Å²) in [7, 11) is 2.20. The zero-order valence-electron chi connectivity index (χ0n) is 13.6. The minimum atomic E-state index is -0.209. The number of rotatable bonds is 2. The maximum Gasteiger partial charge on any atom is 0.462 e. The van der Waals surface area contributed by atoms with E-state index < -0.39 is 0 Å². The van der Waals surface area contributed by atoms with E-state index in [1.165, 1.54) is 31.3 Å². The number of piperidine rings is 1. The van der Waals surface area contributed by atoms with Crippen LogP contribution in [-0.2, 0) is 9.31 Å². The smallest absolute Gasteiger partial charge is 0.403 e. The SMILES string of the molecule is CN1C2C=C(CB3OC(C)(C)C(C)(C)O3)CC1CCC2. The molecule has 0 amide bonds. The van der Waals surface area contributed by atoms with Crippen molar-refractivity contribution in [1.29, 1.82) is 0 Å². The fourth-order valence-corrected chi connectivity index (χ4v) is 3.74. The van der Waals surface area contributed by atoms with Crippen molar-refractivity contribution in [3.63, 3.8) is 0 Å². The van der Waals surface area contributed by atoms with Gasteiger partial charge in [0, 0.05) is 18.4 Å². The van der Waals surface area contributed by atoms with Gasteiger partial charge in [-0.15, -0.1) is 0 Å². The third-order valence-electron chi connectivity index (χ3n) is 5.79. The lowest BCUT2D eigenvalue weighted by molar-refractivity contribution is 0.00578. The monoisotopic (exact) mass is 277 g/mol. The van der Waals surface area contributed by atoms with E-state index in [2.05, 4.69) is 45.7 Å². The van der Waals surface area contributed by atoms with Crippen LogP contribution in [0, 0.1) is 0 Å². The molecule has 3 rings (SSSR count). The molecule has 0 aromatic rings. The highest BCUT2D eigenvalue weighted by Crippen LogP contribution is 2.40. The Balaban J connectivity index is 1.68. The van der Waals surface area contributed by atoms with Gasteiger partial charge in [0.1, 0.15) is 0 Å². The first kappa shape index (κ1) is 14.6. The van der Waals surface area contributed by atoms with Crippen molar-refractivity contribution in [3.8, 4) is 0 Å². The summed E-state index contributed by atoms with van der Waals surface area (Å²) in [6.07, 6.45) is 8.62. The summed E-state index contributed by atoms with van der Waals surface area (Å²) in [4.78, 5) is 2.55. The standard InChI is InChI=1S/C16H28BNO2/c1-15(2)16(3,4)20-17(19-15)11-12-9-13-7-6-8-14(10-12)18(13)5/h9,13-14H,6-8,10-11H2,1-5H3. The molecule has 2 saturated heterocycles. The van der Waals surface area contributed by atoms with Gasteiger partial charge in [0.2, 0.25) is 0 Å². The minimum Gasteiger partial charge on any atom is -0.403 e. The molecule has 3 aliphatic heterocycles. The zero-order valence-corrected chi connectivity index (χ0v) is 13.6. The van der Waals surface area contributed by atoms with Gasteiger partial charge >= 0.3 is 7.12 Å². The number of likely N-dealkylation sites (N-methyl/N-ethyl adjacent to an activating group) is 1. The van der Waals surface area contributed by atoms with Crippen LogP contribution < -0.4 is 0 Å². The second-order valence-electron chi connectivity index (χ2n) is 7.74. The van der Waals surface area contributed by atoms with Crippen molar-refractivity contribution >= 4 is 7.12 Å². The van der Waals surface area contributed by atoms with E-state index in [-0.39, 0.29) is 18.3 Å². The molecule has 0 aliphatic carbocycles. The van der Waals surface area contributed by atoms with Crippen LogP contribution in [0.2, 0.25) is 6.32 Å². The van der Waals surface area contributed by atoms with Gasteiger partial charge < -0.3 is 9.31 Å². The van der Waals surface area contributed by atoms with Crippen LogP contribution in [0.1, 0.15) is 53.4 Å². The van der Waals surface area contributed by atoms with Gasteiger partial charge in [-0.3, -0.25) is 4.90 Å². The Bertz CT molecular complexity index is 403. The number of hydrogen-bond donors (Lipinski definition) is 0. The quantitative estimate of drug-likeness (QED) is 0.571. The first-order valence-corrected chi connectivity index (χ1v) is 8.06. The molecule has 0 spiro atoms. The van der Waals surface area contributed by atoms with E-state index in [4.69, 9.17) is 9.31 Å². The first-order valence-electron chi connectivity index (χ1n) is 8.06. The molecule has 3 nitrogen and oxygen atoms in total. The molecule has 20 heavy (non-hydrogen) atoms. The fraction of sp³-hybridized carbons (Fsp3) is 0.875. The van der Waals surface area contributed by atoms with Crippen LogP contribution in [0.15, 0.2) is 11.6 Å². The van der Waals surface area contributed by atoms with Crippen molar-refractivity contribution in [1.82, 2.24) is 4.90 Å². The molecule has 0 aromatic heterocycles. The summed E-state index contributed by atoms with van der Waals surface area (Å²) in [6.45, 7) is 8.52.